The van der Waals surface area contributed by atoms with Crippen LogP contribution in [-0.4, -0.2) is 50.1 Å². The molecule has 4 fully saturated rings. The van der Waals surface area contributed by atoms with Crippen molar-refractivity contribution in [2.45, 2.75) is 89.6 Å². The molecule has 2 N–H and O–H groups in total. The van der Waals surface area contributed by atoms with Crippen LogP contribution >= 0.6 is 24.2 Å². The molecule has 57 heavy (non-hydrogen) atoms. The first-order chi connectivity index (χ1) is 27.8. The average molecular weight is 811 g/mol. The number of benzene rings is 3. The van der Waals surface area contributed by atoms with Crippen LogP contribution in [0, 0.1) is 11.2 Å². The van der Waals surface area contributed by atoms with E-state index in [4.69, 9.17) is 31.0 Å². The van der Waals surface area contributed by atoms with Crippen molar-refractivity contribution in [1.29, 1.82) is 0 Å². The van der Waals surface area contributed by atoms with Crippen LogP contribution in [0.1, 0.15) is 116 Å². The fourth-order valence-corrected chi connectivity index (χ4v) is 8.25. The van der Waals surface area contributed by atoms with E-state index in [-0.39, 0.29) is 23.7 Å². The highest BCUT2D eigenvalue weighted by Gasteiger charge is 2.57. The van der Waals surface area contributed by atoms with Crippen LogP contribution in [0.15, 0.2) is 72.8 Å². The minimum absolute atomic E-state index is 0.101. The number of ether oxygens (including phenoxy) is 2. The molecule has 1 amide bonds. The molecule has 3 saturated carbocycles. The summed E-state index contributed by atoms with van der Waals surface area (Å²) in [6.07, 6.45) is 10.8. The highest BCUT2D eigenvalue weighted by molar-refractivity contribution is 7.79. The second kappa shape index (κ2) is 18.0. The number of amides is 1. The predicted molar refractivity (Wildman–Crippen MR) is 229 cm³/mol. The van der Waals surface area contributed by atoms with E-state index in [2.05, 4.69) is 51.9 Å². The van der Waals surface area contributed by atoms with E-state index < -0.39 is 0 Å². The van der Waals surface area contributed by atoms with Crippen molar-refractivity contribution < 1.29 is 18.7 Å². The third-order valence-corrected chi connectivity index (χ3v) is 11.9. The second-order valence-electron chi connectivity index (χ2n) is 15.1. The van der Waals surface area contributed by atoms with Crippen LogP contribution in [-0.2, 0) is 18.4 Å². The maximum atomic E-state index is 14.2. The number of fused-ring (bicyclic) bond motifs is 2. The third-order valence-electron chi connectivity index (χ3n) is 11.6. The summed E-state index contributed by atoms with van der Waals surface area (Å²) < 4.78 is 27.0. The van der Waals surface area contributed by atoms with Crippen LogP contribution in [0.4, 0.5) is 10.1 Å². The van der Waals surface area contributed by atoms with Crippen LogP contribution in [0.5, 0.6) is 5.88 Å². The first-order valence-corrected chi connectivity index (χ1v) is 21.4. The monoisotopic (exact) mass is 810 g/mol. The number of rotatable bonds is 8. The molecular weight excluding hydrogens is 759 g/mol. The van der Waals surface area contributed by atoms with Crippen LogP contribution in [0.25, 0.3) is 21.9 Å². The summed E-state index contributed by atoms with van der Waals surface area (Å²) in [6, 6.07) is 22.2. The largest absolute Gasteiger partial charge is 0.473 e. The number of aromatic nitrogens is 5. The van der Waals surface area contributed by atoms with E-state index in [1.807, 2.05) is 56.3 Å². The number of carbonyl (C=O) groups excluding carboxylic acids is 1. The molecule has 4 aliphatic rings. The summed E-state index contributed by atoms with van der Waals surface area (Å²) in [6.45, 7) is 6.10. The molecule has 1 aliphatic heterocycles. The average Bonchev–Trinajstić information content (AvgIpc) is 4.11. The fraction of sp³-hybridized carbons (Fsp3) is 0.422. The van der Waals surface area contributed by atoms with Gasteiger partial charge in [-0.1, -0.05) is 37.6 Å². The zero-order valence-corrected chi connectivity index (χ0v) is 34.8. The molecule has 1 spiro atoms. The molecule has 1 saturated heterocycles. The van der Waals surface area contributed by atoms with Gasteiger partial charge in [0.15, 0.2) is 0 Å². The first kappa shape index (κ1) is 40.7. The summed E-state index contributed by atoms with van der Waals surface area (Å²) in [4.78, 5) is 23.2. The molecule has 1 unspecified atom stereocenters. The Morgan fingerprint density at radius 2 is 1.74 bits per heavy atom. The van der Waals surface area contributed by atoms with Gasteiger partial charge in [0.2, 0.25) is 5.88 Å². The van der Waals surface area contributed by atoms with E-state index >= 15 is 0 Å². The van der Waals surface area contributed by atoms with Crippen molar-refractivity contribution in [3.63, 3.8) is 0 Å². The minimum atomic E-state index is -0.380. The van der Waals surface area contributed by atoms with Crippen molar-refractivity contribution in [2.24, 2.45) is 12.5 Å². The third kappa shape index (κ3) is 9.01. The molecule has 10 rings (SSSR count). The van der Waals surface area contributed by atoms with Gasteiger partial charge in [-0.2, -0.15) is 17.7 Å². The molecule has 1 atom stereocenters. The van der Waals surface area contributed by atoms with E-state index in [0.29, 0.717) is 39.8 Å². The smallest absolute Gasteiger partial charge is 0.255 e. The maximum absolute atomic E-state index is 14.2. The van der Waals surface area contributed by atoms with Crippen molar-refractivity contribution >= 4 is 57.8 Å². The molecule has 3 aromatic carbocycles. The van der Waals surface area contributed by atoms with E-state index in [9.17, 15) is 9.18 Å². The summed E-state index contributed by atoms with van der Waals surface area (Å²) in [5, 5.41) is 12.1. The second-order valence-corrected chi connectivity index (χ2v) is 15.6. The molecule has 4 heterocycles. The Morgan fingerprint density at radius 1 is 0.982 bits per heavy atom. The van der Waals surface area contributed by atoms with Crippen molar-refractivity contribution in [1.82, 2.24) is 24.7 Å². The van der Waals surface area contributed by atoms with Gasteiger partial charge >= 0.3 is 0 Å². The van der Waals surface area contributed by atoms with Gasteiger partial charge in [-0.15, -0.1) is 0 Å². The molecule has 12 heteroatoms. The Hall–Kier alpha value is -4.45. The Kier molecular flexibility index (Phi) is 12.9. The number of aromatic amines is 1. The van der Waals surface area contributed by atoms with Crippen molar-refractivity contribution in [2.75, 3.05) is 24.8 Å². The summed E-state index contributed by atoms with van der Waals surface area (Å²) in [7, 11) is 2.10. The Balaban J connectivity index is 0.000000570. The number of nitrogens with one attached hydrogen (secondary N) is 2. The van der Waals surface area contributed by atoms with E-state index in [1.54, 1.807) is 18.4 Å². The summed E-state index contributed by atoms with van der Waals surface area (Å²) >= 11 is 9.41. The fourth-order valence-electron chi connectivity index (χ4n) is 8.09. The van der Waals surface area contributed by atoms with Gasteiger partial charge in [-0.25, -0.2) is 14.4 Å². The van der Waals surface area contributed by atoms with Gasteiger partial charge in [0.25, 0.3) is 5.91 Å². The van der Waals surface area contributed by atoms with E-state index in [0.717, 1.165) is 90.2 Å². The van der Waals surface area contributed by atoms with Crippen molar-refractivity contribution in [3.05, 3.63) is 112 Å². The number of hydrogen-bond donors (Lipinski definition) is 3. The molecule has 300 valence electrons. The molecule has 6 aromatic rings. The van der Waals surface area contributed by atoms with Crippen LogP contribution < -0.4 is 10.1 Å². The lowest BCUT2D eigenvalue weighted by atomic mass is 9.77. The molecule has 3 aromatic heterocycles. The minimum Gasteiger partial charge on any atom is -0.473 e. The highest BCUT2D eigenvalue weighted by atomic mass is 35.5. The van der Waals surface area contributed by atoms with Gasteiger partial charge in [0.05, 0.1) is 16.6 Å². The van der Waals surface area contributed by atoms with Gasteiger partial charge in [-0.05, 0) is 118 Å². The van der Waals surface area contributed by atoms with Crippen LogP contribution in [0.2, 0.25) is 5.02 Å². The molecule has 0 bridgehead atoms. The lowest BCUT2D eigenvalue weighted by Gasteiger charge is -2.29. The molecule has 9 nitrogen and oxygen atoms in total. The first-order valence-electron chi connectivity index (χ1n) is 20.2. The number of carbonyl (C=O) groups is 1. The van der Waals surface area contributed by atoms with E-state index in [1.165, 1.54) is 25.3 Å². The summed E-state index contributed by atoms with van der Waals surface area (Å²) in [5.74, 6) is 2.42. The molecule has 3 aliphatic carbocycles. The highest BCUT2D eigenvalue weighted by Crippen LogP contribution is 2.67. The van der Waals surface area contributed by atoms with Gasteiger partial charge in [0.1, 0.15) is 18.2 Å². The number of halogens is 2. The number of H-pyrrole nitrogens is 1. The molecular formula is C45H52ClFN6O3S. The zero-order chi connectivity index (χ0) is 40.1. The Labute approximate surface area is 344 Å². The Morgan fingerprint density at radius 3 is 2.44 bits per heavy atom. The quantitative estimate of drug-likeness (QED) is 0.132. The van der Waals surface area contributed by atoms with Crippen LogP contribution in [0.3, 0.4) is 0 Å². The number of imidazole rings is 1. The molecule has 0 radical (unpaired) electrons. The lowest BCUT2D eigenvalue weighted by molar-refractivity contribution is 0.0367. The number of thiol groups is 1. The normalized spacial score (nSPS) is 20.6. The number of aryl methyl sites for hydroxylation is 1. The van der Waals surface area contributed by atoms with Gasteiger partial charge < -0.3 is 19.4 Å². The zero-order valence-electron chi connectivity index (χ0n) is 33.2. The van der Waals surface area contributed by atoms with Gasteiger partial charge in [-0.3, -0.25) is 9.89 Å². The topological polar surface area (TPSA) is 107 Å². The van der Waals surface area contributed by atoms with Gasteiger partial charge in [0, 0.05) is 82.7 Å². The maximum Gasteiger partial charge on any atom is 0.255 e. The number of pyridine rings is 1. The SMILES string of the molecule is C1COC1.CC.CS.Cn1c(C2CC23CCC(c2cccc(OCc4ccc(Cl)cc4F)n2)CC3)nc2cc(NC(=O)c3ccc4n[nH]c(C5CC5)c4c3)ccc21. The summed E-state index contributed by atoms with van der Waals surface area (Å²) in [5.41, 5.74) is 7.11. The lowest BCUT2D eigenvalue weighted by Crippen LogP contribution is -2.17. The van der Waals surface area contributed by atoms with Crippen molar-refractivity contribution in [3.8, 4) is 5.88 Å². The standard InChI is InChI=1S/C39H36ClFN6O2.C3H6O.C2H6.CH4S/c1-47-34-12-10-27(42-38(48)24-8-11-32-28(17-24)36(46-45-32)23-5-6-23)19-33(34)44-37(47)29-20-39(29)15-13-22(14-16-39)31-3-2-4-35(43-31)49-21-25-7-9-26(40)18-30(25)41;1-2-4-3-1;2*1-2/h2-4,7-12,17-19,22-23,29H,5-6,13-16,20-21H2,1H3,(H,42,48)(H,45,46);1-3H2;1-2H3;2H,1H3. The number of hydrogen-bond acceptors (Lipinski definition) is 7. The number of nitrogens with zero attached hydrogens (tertiary/aromatic N) is 4. The predicted octanol–water partition coefficient (Wildman–Crippen LogP) is 11.2. The number of anilines is 1. The Bertz CT molecular complexity index is 2330.